The topological polar surface area (TPSA) is 78.9 Å². The van der Waals surface area contributed by atoms with Gasteiger partial charge in [0.1, 0.15) is 6.61 Å². The first kappa shape index (κ1) is 43.7. The number of ether oxygens (including phenoxy) is 2. The van der Waals surface area contributed by atoms with Crippen LogP contribution in [-0.4, -0.2) is 31.3 Å². The molecule has 0 amide bonds. The van der Waals surface area contributed by atoms with Crippen molar-refractivity contribution in [3.05, 3.63) is 0 Å². The molecule has 6 nitrogen and oxygen atoms in total. The average Bonchev–Trinajstić information content (AvgIpc) is 2.98. The smallest absolute Gasteiger partial charge is 0.380 e. The number of hydrogen-bond donors (Lipinski definition) is 0. The van der Waals surface area contributed by atoms with Crippen molar-refractivity contribution in [3.63, 3.8) is 0 Å². The van der Waals surface area contributed by atoms with Crippen LogP contribution in [0.2, 0.25) is 0 Å². The number of unbranched alkanes of at least 4 members (excludes halogenated alkanes) is 24. The van der Waals surface area contributed by atoms with Gasteiger partial charge in [-0.15, -0.1) is 0 Å². The van der Waals surface area contributed by atoms with Gasteiger partial charge in [0.05, 0.1) is 6.61 Å². The zero-order chi connectivity index (χ0) is 32.6. The van der Waals surface area contributed by atoms with Crippen LogP contribution in [0.25, 0.3) is 0 Å². The van der Waals surface area contributed by atoms with Crippen molar-refractivity contribution in [2.24, 2.45) is 0 Å². The zero-order valence-electron chi connectivity index (χ0n) is 28.4. The molecule has 0 bridgehead atoms. The molecule has 0 saturated carbocycles. The summed E-state index contributed by atoms with van der Waals surface area (Å²) < 4.78 is 27.3. The van der Waals surface area contributed by atoms with Crippen LogP contribution in [0.5, 0.6) is 0 Å². The molecule has 0 aromatic rings. The Bertz CT molecular complexity index is 703. The average molecular weight is 686 g/mol. The van der Waals surface area contributed by atoms with E-state index in [1.165, 1.54) is 128 Å². The summed E-state index contributed by atoms with van der Waals surface area (Å²) >= 11 is 11.0. The summed E-state index contributed by atoms with van der Waals surface area (Å²) in [6.07, 6.45) is 28.0. The molecule has 0 spiro atoms. The van der Waals surface area contributed by atoms with Crippen LogP contribution in [0.1, 0.15) is 194 Å². The second-order valence-electron chi connectivity index (χ2n) is 12.5. The van der Waals surface area contributed by atoms with Gasteiger partial charge in [-0.3, -0.25) is 14.2 Å². The predicted molar refractivity (Wildman–Crippen MR) is 187 cm³/mol. The molecule has 0 aliphatic rings. The van der Waals surface area contributed by atoms with Crippen LogP contribution < -0.4 is 0 Å². The molecular weight excluding hydrogens is 618 g/mol. The van der Waals surface area contributed by atoms with E-state index in [9.17, 15) is 14.2 Å². The van der Waals surface area contributed by atoms with E-state index in [1.807, 2.05) is 0 Å². The van der Waals surface area contributed by atoms with Crippen molar-refractivity contribution in [2.75, 3.05) is 13.2 Å². The molecule has 0 heterocycles. The largest absolute Gasteiger partial charge is 0.462 e. The standard InChI is InChI=1S/C35H67Cl2O6P/c1-3-5-7-9-11-13-15-17-19-21-23-25-27-29-34(38)41-31-33(32-42-44(36,37)40)43-35(39)30-28-26-24-22-20-18-16-14-12-10-8-6-4-2/h33H,3-32H2,1-2H3/t33-/m1/s1. The van der Waals surface area contributed by atoms with Gasteiger partial charge >= 0.3 is 18.0 Å². The Morgan fingerprint density at radius 1 is 0.500 bits per heavy atom. The minimum Gasteiger partial charge on any atom is -0.462 e. The fourth-order valence-electron chi connectivity index (χ4n) is 5.36. The highest BCUT2D eigenvalue weighted by molar-refractivity contribution is 8.05. The summed E-state index contributed by atoms with van der Waals surface area (Å²) in [4.78, 5) is 24.6. The van der Waals surface area contributed by atoms with Gasteiger partial charge in [-0.1, -0.05) is 168 Å². The van der Waals surface area contributed by atoms with Gasteiger partial charge in [0, 0.05) is 12.8 Å². The van der Waals surface area contributed by atoms with Gasteiger partial charge in [-0.05, 0) is 35.3 Å². The van der Waals surface area contributed by atoms with Gasteiger partial charge in [0.25, 0.3) is 0 Å². The fraction of sp³-hybridized carbons (Fsp3) is 0.943. The van der Waals surface area contributed by atoms with Crippen LogP contribution >= 0.6 is 28.6 Å². The van der Waals surface area contributed by atoms with E-state index in [4.69, 9.17) is 36.5 Å². The quantitative estimate of drug-likeness (QED) is 0.0381. The van der Waals surface area contributed by atoms with E-state index >= 15 is 0 Å². The van der Waals surface area contributed by atoms with E-state index in [0.717, 1.165) is 38.5 Å². The Hall–Kier alpha value is -0.290. The van der Waals surface area contributed by atoms with Crippen molar-refractivity contribution in [1.82, 2.24) is 0 Å². The number of halogens is 2. The van der Waals surface area contributed by atoms with Gasteiger partial charge in [0.2, 0.25) is 0 Å². The molecule has 262 valence electrons. The van der Waals surface area contributed by atoms with Gasteiger partial charge in [-0.25, -0.2) is 0 Å². The van der Waals surface area contributed by atoms with E-state index in [-0.39, 0.29) is 25.6 Å². The fourth-order valence-corrected chi connectivity index (χ4v) is 6.04. The Labute approximate surface area is 280 Å². The SMILES string of the molecule is CCCCCCCCCCCCCCCC(=O)OC[C@H](COP(=O)(Cl)Cl)OC(=O)CCCCCCCCCCCCCCC. The molecule has 0 aliphatic heterocycles. The van der Waals surface area contributed by atoms with Crippen LogP contribution in [0.15, 0.2) is 0 Å². The summed E-state index contributed by atoms with van der Waals surface area (Å²) in [6, 6.07) is 0. The first-order valence-electron chi connectivity index (χ1n) is 18.3. The highest BCUT2D eigenvalue weighted by Crippen LogP contribution is 2.57. The van der Waals surface area contributed by atoms with Crippen LogP contribution in [0.3, 0.4) is 0 Å². The lowest BCUT2D eigenvalue weighted by molar-refractivity contribution is -0.161. The van der Waals surface area contributed by atoms with E-state index in [2.05, 4.69) is 13.8 Å². The molecule has 0 aliphatic carbocycles. The summed E-state index contributed by atoms with van der Waals surface area (Å²) in [5, 5.41) is 0. The molecule has 0 unspecified atom stereocenters. The van der Waals surface area contributed by atoms with Crippen LogP contribution in [-0.2, 0) is 28.2 Å². The molecule has 0 aromatic heterocycles. The van der Waals surface area contributed by atoms with E-state index in [1.54, 1.807) is 0 Å². The first-order valence-corrected chi connectivity index (χ1v) is 21.7. The summed E-state index contributed by atoms with van der Waals surface area (Å²) in [6.45, 7) is 4.04. The monoisotopic (exact) mass is 684 g/mol. The molecule has 0 fully saturated rings. The maximum absolute atomic E-state index is 12.4. The number of hydrogen-bond acceptors (Lipinski definition) is 6. The lowest BCUT2D eigenvalue weighted by atomic mass is 10.0. The van der Waals surface area contributed by atoms with Crippen LogP contribution in [0.4, 0.5) is 0 Å². The third-order valence-electron chi connectivity index (χ3n) is 8.11. The molecule has 0 saturated heterocycles. The van der Waals surface area contributed by atoms with Gasteiger partial charge in [-0.2, -0.15) is 0 Å². The van der Waals surface area contributed by atoms with Crippen molar-refractivity contribution in [1.29, 1.82) is 0 Å². The molecule has 0 rings (SSSR count). The normalized spacial score (nSPS) is 12.4. The van der Waals surface area contributed by atoms with Crippen molar-refractivity contribution < 1.29 is 28.2 Å². The summed E-state index contributed by atoms with van der Waals surface area (Å²) in [7, 11) is 0. The van der Waals surface area contributed by atoms with Gasteiger partial charge < -0.3 is 14.0 Å². The molecule has 0 aromatic carbocycles. The predicted octanol–water partition coefficient (Wildman–Crippen LogP) is 13.0. The zero-order valence-corrected chi connectivity index (χ0v) is 30.8. The maximum Gasteiger partial charge on any atom is 0.380 e. The highest BCUT2D eigenvalue weighted by Gasteiger charge is 2.22. The Kier molecular flexibility index (Phi) is 32.4. The molecule has 44 heavy (non-hydrogen) atoms. The number of carbonyl (C=O) groups excluding carboxylic acids is 2. The van der Waals surface area contributed by atoms with E-state index in [0.29, 0.717) is 6.42 Å². The number of rotatable bonds is 34. The number of carbonyl (C=O) groups is 2. The highest BCUT2D eigenvalue weighted by atomic mass is 35.9. The first-order chi connectivity index (χ1) is 21.3. The van der Waals surface area contributed by atoms with Crippen LogP contribution in [0, 0.1) is 0 Å². The maximum atomic E-state index is 12.4. The minimum atomic E-state index is -3.79. The second kappa shape index (κ2) is 32.6. The molecule has 0 N–H and O–H groups in total. The molecule has 0 radical (unpaired) electrons. The molecule has 1 atom stereocenters. The Balaban J connectivity index is 3.94. The Morgan fingerprint density at radius 3 is 1.16 bits per heavy atom. The summed E-state index contributed by atoms with van der Waals surface area (Å²) in [5.41, 5.74) is 0. The third-order valence-corrected chi connectivity index (χ3v) is 9.14. The third kappa shape index (κ3) is 34.6. The lowest BCUT2D eigenvalue weighted by Gasteiger charge is -2.18. The molecular formula is C35H67Cl2O6P. The minimum absolute atomic E-state index is 0.171. The second-order valence-corrected chi connectivity index (χ2v) is 16.8. The number of esters is 2. The van der Waals surface area contributed by atoms with Crippen molar-refractivity contribution in [2.45, 2.75) is 200 Å². The summed E-state index contributed by atoms with van der Waals surface area (Å²) in [5.74, 6) is -0.737. The van der Waals surface area contributed by atoms with Crippen molar-refractivity contribution in [3.8, 4) is 0 Å². The van der Waals surface area contributed by atoms with E-state index < -0.39 is 18.1 Å². The van der Waals surface area contributed by atoms with Crippen molar-refractivity contribution >= 4 is 40.5 Å². The lowest BCUT2D eigenvalue weighted by Crippen LogP contribution is -2.29. The Morgan fingerprint density at radius 2 is 0.818 bits per heavy atom. The molecule has 9 heteroatoms. The van der Waals surface area contributed by atoms with Gasteiger partial charge in [0.15, 0.2) is 6.10 Å².